The van der Waals surface area contributed by atoms with Crippen LogP contribution in [0.4, 0.5) is 0 Å². The van der Waals surface area contributed by atoms with Gasteiger partial charge in [0.05, 0.1) is 11.9 Å². The minimum absolute atomic E-state index is 0.0362. The Bertz CT molecular complexity index is 341. The van der Waals surface area contributed by atoms with Crippen LogP contribution >= 0.6 is 0 Å². The summed E-state index contributed by atoms with van der Waals surface area (Å²) in [5.74, 6) is 0.163. The van der Waals surface area contributed by atoms with Gasteiger partial charge in [0, 0.05) is 25.7 Å². The molecular formula is C11H22N2O3S. The predicted octanol–water partition coefficient (Wildman–Crippen LogP) is 0.225. The van der Waals surface area contributed by atoms with Gasteiger partial charge in [0.15, 0.2) is 0 Å². The van der Waals surface area contributed by atoms with Crippen LogP contribution in [0.3, 0.4) is 0 Å². The fourth-order valence-electron chi connectivity index (χ4n) is 2.32. The molecule has 0 aromatic heterocycles. The van der Waals surface area contributed by atoms with Crippen LogP contribution in [0.1, 0.15) is 32.1 Å². The Morgan fingerprint density at radius 1 is 1.24 bits per heavy atom. The molecule has 2 N–H and O–H groups in total. The molecule has 0 amide bonds. The fraction of sp³-hybridized carbons (Fsp3) is 1.00. The Morgan fingerprint density at radius 2 is 2.00 bits per heavy atom. The van der Waals surface area contributed by atoms with E-state index in [1.54, 1.807) is 7.11 Å². The summed E-state index contributed by atoms with van der Waals surface area (Å²) in [4.78, 5) is 0. The van der Waals surface area contributed by atoms with Gasteiger partial charge in [0.25, 0.3) is 0 Å². The van der Waals surface area contributed by atoms with E-state index in [2.05, 4.69) is 10.0 Å². The summed E-state index contributed by atoms with van der Waals surface area (Å²) in [5, 5.41) is 3.21. The van der Waals surface area contributed by atoms with Gasteiger partial charge in [0.2, 0.25) is 10.0 Å². The number of nitrogens with one attached hydrogen (secondary N) is 2. The van der Waals surface area contributed by atoms with Gasteiger partial charge in [-0.05, 0) is 32.1 Å². The molecule has 2 unspecified atom stereocenters. The zero-order chi connectivity index (χ0) is 12.3. The minimum atomic E-state index is -3.17. The van der Waals surface area contributed by atoms with E-state index in [1.807, 2.05) is 0 Å². The Labute approximate surface area is 103 Å². The number of sulfonamides is 1. The van der Waals surface area contributed by atoms with Crippen LogP contribution in [0.5, 0.6) is 0 Å². The summed E-state index contributed by atoms with van der Waals surface area (Å²) in [6, 6.07) is 0.523. The molecule has 2 saturated carbocycles. The van der Waals surface area contributed by atoms with Crippen LogP contribution in [0.15, 0.2) is 0 Å². The van der Waals surface area contributed by atoms with Crippen molar-refractivity contribution in [3.63, 3.8) is 0 Å². The first-order valence-corrected chi connectivity index (χ1v) is 8.02. The molecular weight excluding hydrogens is 240 g/mol. The Kier molecular flexibility index (Phi) is 4.41. The van der Waals surface area contributed by atoms with Crippen LogP contribution in [-0.2, 0) is 14.8 Å². The van der Waals surface area contributed by atoms with E-state index < -0.39 is 10.0 Å². The highest BCUT2D eigenvalue weighted by atomic mass is 32.2. The number of ether oxygens (including phenoxy) is 1. The molecule has 2 rings (SSSR count). The van der Waals surface area contributed by atoms with Gasteiger partial charge in [-0.2, -0.15) is 0 Å². The summed E-state index contributed by atoms with van der Waals surface area (Å²) in [6.07, 6.45) is 5.27. The van der Waals surface area contributed by atoms with E-state index in [1.165, 1.54) is 12.8 Å². The van der Waals surface area contributed by atoms with Crippen molar-refractivity contribution >= 4 is 10.0 Å². The zero-order valence-corrected chi connectivity index (χ0v) is 11.1. The Balaban J connectivity index is 1.74. The molecule has 0 spiro atoms. The third kappa shape index (κ3) is 4.21. The highest BCUT2D eigenvalue weighted by Crippen LogP contribution is 2.22. The average Bonchev–Trinajstić information content (AvgIpc) is 2.97. The van der Waals surface area contributed by atoms with E-state index in [-0.39, 0.29) is 17.9 Å². The predicted molar refractivity (Wildman–Crippen MR) is 66.4 cm³/mol. The monoisotopic (exact) mass is 262 g/mol. The molecule has 5 nitrogen and oxygen atoms in total. The number of hydrogen-bond acceptors (Lipinski definition) is 4. The van der Waals surface area contributed by atoms with E-state index in [0.29, 0.717) is 12.6 Å². The second kappa shape index (κ2) is 5.65. The zero-order valence-electron chi connectivity index (χ0n) is 10.3. The second-order valence-corrected chi connectivity index (χ2v) is 6.85. The second-order valence-electron chi connectivity index (χ2n) is 4.98. The summed E-state index contributed by atoms with van der Waals surface area (Å²) in [6.45, 7) is 0.546. The van der Waals surface area contributed by atoms with Crippen LogP contribution in [0.25, 0.3) is 0 Å². The molecule has 0 bridgehead atoms. The molecule has 0 heterocycles. The SMILES string of the molecule is COC1CCCC1NS(=O)(=O)CCNC1CC1. The lowest BCUT2D eigenvalue weighted by atomic mass is 10.2. The van der Waals surface area contributed by atoms with Crippen LogP contribution in [0, 0.1) is 0 Å². The van der Waals surface area contributed by atoms with E-state index in [9.17, 15) is 8.42 Å². The first-order chi connectivity index (χ1) is 8.11. The van der Waals surface area contributed by atoms with Gasteiger partial charge < -0.3 is 10.1 Å². The normalized spacial score (nSPS) is 29.7. The molecule has 2 atom stereocenters. The molecule has 2 fully saturated rings. The molecule has 6 heteroatoms. The summed E-state index contributed by atoms with van der Waals surface area (Å²) in [5.41, 5.74) is 0. The van der Waals surface area contributed by atoms with Crippen molar-refractivity contribution in [1.29, 1.82) is 0 Å². The minimum Gasteiger partial charge on any atom is -0.380 e. The van der Waals surface area contributed by atoms with Gasteiger partial charge in [-0.15, -0.1) is 0 Å². The highest BCUT2D eigenvalue weighted by molar-refractivity contribution is 7.89. The van der Waals surface area contributed by atoms with Gasteiger partial charge in [-0.3, -0.25) is 0 Å². The van der Waals surface area contributed by atoms with Gasteiger partial charge in [-0.1, -0.05) is 0 Å². The average molecular weight is 262 g/mol. The maximum Gasteiger partial charge on any atom is 0.213 e. The first kappa shape index (κ1) is 13.3. The van der Waals surface area contributed by atoms with E-state index in [0.717, 1.165) is 19.3 Å². The standard InChI is InChI=1S/C11H22N2O3S/c1-16-11-4-2-3-10(11)13-17(14,15)8-7-12-9-5-6-9/h9-13H,2-8H2,1H3. The van der Waals surface area contributed by atoms with Crippen molar-refractivity contribution in [1.82, 2.24) is 10.0 Å². The molecule has 2 aliphatic carbocycles. The summed E-state index contributed by atoms with van der Waals surface area (Å²) in [7, 11) is -1.52. The van der Waals surface area contributed by atoms with Crippen molar-refractivity contribution < 1.29 is 13.2 Å². The van der Waals surface area contributed by atoms with Crippen molar-refractivity contribution in [3.8, 4) is 0 Å². The number of methoxy groups -OCH3 is 1. The molecule has 100 valence electrons. The highest BCUT2D eigenvalue weighted by Gasteiger charge is 2.30. The lowest BCUT2D eigenvalue weighted by Crippen LogP contribution is -2.43. The maximum absolute atomic E-state index is 11.8. The smallest absolute Gasteiger partial charge is 0.213 e. The Hall–Kier alpha value is -0.170. The van der Waals surface area contributed by atoms with Crippen LogP contribution in [0.2, 0.25) is 0 Å². The van der Waals surface area contributed by atoms with Crippen molar-refractivity contribution in [3.05, 3.63) is 0 Å². The molecule has 2 aliphatic rings. The summed E-state index contributed by atoms with van der Waals surface area (Å²) >= 11 is 0. The van der Waals surface area contributed by atoms with Gasteiger partial charge in [0.1, 0.15) is 0 Å². The number of hydrogen-bond donors (Lipinski definition) is 2. The summed E-state index contributed by atoms with van der Waals surface area (Å²) < 4.78 is 31.7. The number of rotatable bonds is 7. The lowest BCUT2D eigenvalue weighted by molar-refractivity contribution is 0.0916. The van der Waals surface area contributed by atoms with Crippen molar-refractivity contribution in [2.45, 2.75) is 50.3 Å². The first-order valence-electron chi connectivity index (χ1n) is 6.37. The largest absolute Gasteiger partial charge is 0.380 e. The van der Waals surface area contributed by atoms with Gasteiger partial charge in [-0.25, -0.2) is 13.1 Å². The maximum atomic E-state index is 11.8. The quantitative estimate of drug-likeness (QED) is 0.689. The van der Waals surface area contributed by atoms with Crippen LogP contribution < -0.4 is 10.0 Å². The van der Waals surface area contributed by atoms with Gasteiger partial charge >= 0.3 is 0 Å². The lowest BCUT2D eigenvalue weighted by Gasteiger charge is -2.19. The molecule has 0 radical (unpaired) electrons. The third-order valence-electron chi connectivity index (χ3n) is 3.47. The van der Waals surface area contributed by atoms with E-state index >= 15 is 0 Å². The van der Waals surface area contributed by atoms with Crippen LogP contribution in [-0.4, -0.2) is 46.0 Å². The van der Waals surface area contributed by atoms with Crippen molar-refractivity contribution in [2.75, 3.05) is 19.4 Å². The molecule has 17 heavy (non-hydrogen) atoms. The third-order valence-corrected chi connectivity index (χ3v) is 4.87. The topological polar surface area (TPSA) is 67.4 Å². The molecule has 0 aliphatic heterocycles. The molecule has 0 aromatic rings. The van der Waals surface area contributed by atoms with Crippen molar-refractivity contribution in [2.24, 2.45) is 0 Å². The molecule has 0 saturated heterocycles. The molecule has 0 aromatic carbocycles. The fourth-order valence-corrected chi connectivity index (χ4v) is 3.55. The Morgan fingerprint density at radius 3 is 2.65 bits per heavy atom. The van der Waals surface area contributed by atoms with E-state index in [4.69, 9.17) is 4.74 Å².